The second-order valence-corrected chi connectivity index (χ2v) is 3.20. The standard InChI is InChI=1S/C11H9NO6/c13-8-2-1-6(5-7(8)11(17)18)12-9(14)3-4-10(15)16/h1-5,13H,(H,12,14)(H,15,16)(H,17,18). The Morgan fingerprint density at radius 1 is 1.11 bits per heavy atom. The van der Waals surface area contributed by atoms with E-state index < -0.39 is 23.6 Å². The molecule has 7 nitrogen and oxygen atoms in total. The van der Waals surface area contributed by atoms with Crippen molar-refractivity contribution in [2.75, 3.05) is 5.32 Å². The van der Waals surface area contributed by atoms with Gasteiger partial charge in [0.1, 0.15) is 11.3 Å². The van der Waals surface area contributed by atoms with E-state index in [1.807, 2.05) is 0 Å². The number of aromatic hydroxyl groups is 1. The average Bonchev–Trinajstić information content (AvgIpc) is 2.28. The molecule has 0 aliphatic carbocycles. The number of carbonyl (C=O) groups is 3. The molecule has 1 aromatic carbocycles. The summed E-state index contributed by atoms with van der Waals surface area (Å²) >= 11 is 0. The summed E-state index contributed by atoms with van der Waals surface area (Å²) in [7, 11) is 0. The predicted octanol–water partition coefficient (Wildman–Crippen LogP) is 0.670. The third-order valence-corrected chi connectivity index (χ3v) is 1.87. The van der Waals surface area contributed by atoms with Gasteiger partial charge in [0.2, 0.25) is 5.91 Å². The quantitative estimate of drug-likeness (QED) is 0.460. The monoisotopic (exact) mass is 251 g/mol. The number of hydrogen-bond donors (Lipinski definition) is 4. The zero-order valence-corrected chi connectivity index (χ0v) is 8.95. The van der Waals surface area contributed by atoms with Crippen LogP contribution in [-0.4, -0.2) is 33.2 Å². The maximum absolute atomic E-state index is 11.2. The summed E-state index contributed by atoms with van der Waals surface area (Å²) in [6.07, 6.45) is 1.43. The normalized spacial score (nSPS) is 10.2. The van der Waals surface area contributed by atoms with Crippen LogP contribution >= 0.6 is 0 Å². The van der Waals surface area contributed by atoms with Gasteiger partial charge in [-0.2, -0.15) is 0 Å². The van der Waals surface area contributed by atoms with Crippen LogP contribution in [0.15, 0.2) is 30.4 Å². The summed E-state index contributed by atoms with van der Waals surface area (Å²) in [6.45, 7) is 0. The van der Waals surface area contributed by atoms with Gasteiger partial charge in [-0.3, -0.25) is 4.79 Å². The molecular weight excluding hydrogens is 242 g/mol. The van der Waals surface area contributed by atoms with E-state index in [2.05, 4.69) is 5.32 Å². The molecule has 0 spiro atoms. The number of carboxylic acids is 2. The number of nitrogens with one attached hydrogen (secondary N) is 1. The fourth-order valence-corrected chi connectivity index (χ4v) is 1.12. The molecule has 4 N–H and O–H groups in total. The maximum atomic E-state index is 11.2. The highest BCUT2D eigenvalue weighted by molar-refractivity contribution is 6.03. The third kappa shape index (κ3) is 3.63. The van der Waals surface area contributed by atoms with Crippen LogP contribution in [0.2, 0.25) is 0 Å². The lowest BCUT2D eigenvalue weighted by Gasteiger charge is -2.04. The van der Waals surface area contributed by atoms with Crippen molar-refractivity contribution in [3.05, 3.63) is 35.9 Å². The second kappa shape index (κ2) is 5.48. The molecular formula is C11H9NO6. The van der Waals surface area contributed by atoms with Gasteiger partial charge in [-0.05, 0) is 18.2 Å². The maximum Gasteiger partial charge on any atom is 0.339 e. The van der Waals surface area contributed by atoms with Crippen LogP contribution in [0.4, 0.5) is 5.69 Å². The molecule has 0 aromatic heterocycles. The number of phenols is 1. The van der Waals surface area contributed by atoms with Crippen LogP contribution in [-0.2, 0) is 9.59 Å². The molecule has 1 amide bonds. The van der Waals surface area contributed by atoms with Gasteiger partial charge in [0.25, 0.3) is 0 Å². The number of hydrogen-bond acceptors (Lipinski definition) is 4. The smallest absolute Gasteiger partial charge is 0.339 e. The molecule has 0 unspecified atom stereocenters. The number of aliphatic carboxylic acids is 1. The molecule has 1 aromatic rings. The second-order valence-electron chi connectivity index (χ2n) is 3.20. The SMILES string of the molecule is O=C(O)C=CC(=O)Nc1ccc(O)c(C(=O)O)c1. The van der Waals surface area contributed by atoms with Gasteiger partial charge in [0.05, 0.1) is 0 Å². The zero-order chi connectivity index (χ0) is 13.7. The van der Waals surface area contributed by atoms with Crippen LogP contribution in [0.3, 0.4) is 0 Å². The highest BCUT2D eigenvalue weighted by Crippen LogP contribution is 2.21. The van der Waals surface area contributed by atoms with E-state index in [1.165, 1.54) is 6.07 Å². The van der Waals surface area contributed by atoms with Gasteiger partial charge >= 0.3 is 11.9 Å². The van der Waals surface area contributed by atoms with Crippen molar-refractivity contribution in [3.8, 4) is 5.75 Å². The highest BCUT2D eigenvalue weighted by atomic mass is 16.4. The molecule has 0 bridgehead atoms. The van der Waals surface area contributed by atoms with E-state index >= 15 is 0 Å². The van der Waals surface area contributed by atoms with Gasteiger partial charge in [-0.1, -0.05) is 0 Å². The molecule has 0 atom stereocenters. The molecule has 0 saturated heterocycles. The Bertz CT molecular complexity index is 534. The first kappa shape index (κ1) is 13.2. The van der Waals surface area contributed by atoms with E-state index in [0.29, 0.717) is 6.08 Å². The van der Waals surface area contributed by atoms with Crippen LogP contribution < -0.4 is 5.32 Å². The van der Waals surface area contributed by atoms with Gasteiger partial charge < -0.3 is 20.6 Å². The average molecular weight is 251 g/mol. The summed E-state index contributed by atoms with van der Waals surface area (Å²) in [4.78, 5) is 32.1. The Morgan fingerprint density at radius 3 is 2.33 bits per heavy atom. The molecule has 1 rings (SSSR count). The summed E-state index contributed by atoms with van der Waals surface area (Å²) < 4.78 is 0. The van der Waals surface area contributed by atoms with Crippen LogP contribution in [0.5, 0.6) is 5.75 Å². The molecule has 0 saturated carbocycles. The Hall–Kier alpha value is -2.83. The van der Waals surface area contributed by atoms with E-state index in [9.17, 15) is 19.5 Å². The van der Waals surface area contributed by atoms with Crippen LogP contribution in [0, 0.1) is 0 Å². The minimum atomic E-state index is -1.34. The Balaban J connectivity index is 2.86. The first-order valence-electron chi connectivity index (χ1n) is 4.68. The van der Waals surface area contributed by atoms with E-state index in [0.717, 1.165) is 18.2 Å². The van der Waals surface area contributed by atoms with Crippen LogP contribution in [0.25, 0.3) is 0 Å². The van der Waals surface area contributed by atoms with Gasteiger partial charge in [-0.25, -0.2) is 9.59 Å². The summed E-state index contributed by atoms with van der Waals surface area (Å²) in [5.74, 6) is -3.77. The lowest BCUT2D eigenvalue weighted by atomic mass is 10.2. The topological polar surface area (TPSA) is 124 Å². The molecule has 0 radical (unpaired) electrons. The van der Waals surface area contributed by atoms with Gasteiger partial charge in [-0.15, -0.1) is 0 Å². The Morgan fingerprint density at radius 2 is 1.78 bits per heavy atom. The first-order valence-corrected chi connectivity index (χ1v) is 4.68. The van der Waals surface area contributed by atoms with Crippen molar-refractivity contribution in [1.29, 1.82) is 0 Å². The van der Waals surface area contributed by atoms with E-state index in [4.69, 9.17) is 10.2 Å². The summed E-state index contributed by atoms with van der Waals surface area (Å²) in [5, 5.41) is 28.5. The highest BCUT2D eigenvalue weighted by Gasteiger charge is 2.10. The van der Waals surface area contributed by atoms with Crippen molar-refractivity contribution in [2.45, 2.75) is 0 Å². The molecule has 94 valence electrons. The number of rotatable bonds is 4. The van der Waals surface area contributed by atoms with Gasteiger partial charge in [0, 0.05) is 17.8 Å². The van der Waals surface area contributed by atoms with E-state index in [-0.39, 0.29) is 11.3 Å². The van der Waals surface area contributed by atoms with Crippen molar-refractivity contribution in [3.63, 3.8) is 0 Å². The minimum absolute atomic E-state index is 0.130. The van der Waals surface area contributed by atoms with Crippen molar-refractivity contribution < 1.29 is 29.7 Å². The first-order chi connectivity index (χ1) is 8.40. The van der Waals surface area contributed by atoms with Crippen molar-refractivity contribution in [2.24, 2.45) is 0 Å². The Kier molecular flexibility index (Phi) is 4.03. The van der Waals surface area contributed by atoms with Gasteiger partial charge in [0.15, 0.2) is 0 Å². The number of amides is 1. The summed E-state index contributed by atoms with van der Waals surface area (Å²) in [5.41, 5.74) is -0.236. The van der Waals surface area contributed by atoms with Crippen LogP contribution in [0.1, 0.15) is 10.4 Å². The predicted molar refractivity (Wildman–Crippen MR) is 60.5 cm³/mol. The molecule has 7 heteroatoms. The number of benzene rings is 1. The molecule has 0 heterocycles. The molecule has 0 aliphatic rings. The lowest BCUT2D eigenvalue weighted by molar-refractivity contribution is -0.131. The fraction of sp³-hybridized carbons (Fsp3) is 0. The fourth-order valence-electron chi connectivity index (χ4n) is 1.12. The molecule has 18 heavy (non-hydrogen) atoms. The van der Waals surface area contributed by atoms with Crippen molar-refractivity contribution in [1.82, 2.24) is 0 Å². The largest absolute Gasteiger partial charge is 0.507 e. The zero-order valence-electron chi connectivity index (χ0n) is 8.95. The summed E-state index contributed by atoms with van der Waals surface area (Å²) in [6, 6.07) is 3.46. The minimum Gasteiger partial charge on any atom is -0.507 e. The number of carboxylic acid groups (broad SMARTS) is 2. The Labute approximate surface area is 101 Å². The molecule has 0 fully saturated rings. The lowest BCUT2D eigenvalue weighted by Crippen LogP contribution is -2.09. The van der Waals surface area contributed by atoms with Crippen molar-refractivity contribution >= 4 is 23.5 Å². The molecule has 0 aliphatic heterocycles. The number of carbonyl (C=O) groups excluding carboxylic acids is 1. The van der Waals surface area contributed by atoms with E-state index in [1.54, 1.807) is 0 Å². The number of aromatic carboxylic acids is 1. The number of anilines is 1. The third-order valence-electron chi connectivity index (χ3n) is 1.87.